The van der Waals surface area contributed by atoms with Crippen molar-refractivity contribution < 1.29 is 19.1 Å². The molecule has 1 aromatic carbocycles. The van der Waals surface area contributed by atoms with E-state index in [1.165, 1.54) is 6.08 Å². The minimum atomic E-state index is -0.577. The Kier molecular flexibility index (Phi) is 4.44. The molecule has 24 heavy (non-hydrogen) atoms. The number of hydrogen-bond acceptors (Lipinski definition) is 5. The van der Waals surface area contributed by atoms with Gasteiger partial charge in [-0.25, -0.2) is 9.59 Å². The predicted octanol–water partition coefficient (Wildman–Crippen LogP) is 2.84. The molecule has 1 aromatic rings. The van der Waals surface area contributed by atoms with E-state index in [4.69, 9.17) is 21.1 Å². The molecule has 0 aromatic heterocycles. The van der Waals surface area contributed by atoms with Crippen LogP contribution in [0.5, 0.6) is 0 Å². The van der Waals surface area contributed by atoms with Gasteiger partial charge in [0.25, 0.3) is 0 Å². The van der Waals surface area contributed by atoms with Crippen LogP contribution in [0.25, 0.3) is 0 Å². The van der Waals surface area contributed by atoms with Crippen LogP contribution in [-0.4, -0.2) is 25.2 Å². The highest BCUT2D eigenvalue weighted by molar-refractivity contribution is 6.30. The molecule has 0 fully saturated rings. The van der Waals surface area contributed by atoms with Gasteiger partial charge >= 0.3 is 11.9 Å². The highest BCUT2D eigenvalue weighted by Crippen LogP contribution is 2.41. The van der Waals surface area contributed by atoms with Gasteiger partial charge in [-0.3, -0.25) is 0 Å². The third-order valence-electron chi connectivity index (χ3n) is 3.95. The van der Waals surface area contributed by atoms with Crippen LogP contribution in [-0.2, 0) is 19.1 Å². The second kappa shape index (κ2) is 6.53. The summed E-state index contributed by atoms with van der Waals surface area (Å²) >= 11 is 6.10. The van der Waals surface area contributed by atoms with Crippen LogP contribution in [0.3, 0.4) is 0 Å². The molecular weight excluding hydrogens is 330 g/mol. The first kappa shape index (κ1) is 16.3. The number of rotatable bonds is 4. The zero-order valence-electron chi connectivity index (χ0n) is 13.1. The second-order valence-corrected chi connectivity index (χ2v) is 5.94. The Morgan fingerprint density at radius 3 is 3.04 bits per heavy atom. The molecule has 1 N–H and O–H groups in total. The average Bonchev–Trinajstić information content (AvgIpc) is 2.92. The lowest BCUT2D eigenvalue weighted by Gasteiger charge is -2.27. The summed E-state index contributed by atoms with van der Waals surface area (Å²) in [6.07, 6.45) is 1.49. The largest absolute Gasteiger partial charge is 0.458 e. The Morgan fingerprint density at radius 2 is 2.33 bits per heavy atom. The number of benzene rings is 1. The van der Waals surface area contributed by atoms with Crippen LogP contribution in [0.2, 0.25) is 5.02 Å². The van der Waals surface area contributed by atoms with E-state index in [1.54, 1.807) is 25.1 Å². The lowest BCUT2D eigenvalue weighted by molar-refractivity contribution is -0.138. The van der Waals surface area contributed by atoms with Crippen molar-refractivity contribution >= 4 is 23.5 Å². The van der Waals surface area contributed by atoms with Gasteiger partial charge in [0.1, 0.15) is 13.2 Å². The fourth-order valence-electron chi connectivity index (χ4n) is 2.97. The molecule has 0 spiro atoms. The van der Waals surface area contributed by atoms with E-state index < -0.39 is 17.9 Å². The number of dihydropyridines is 1. The SMILES string of the molecule is C=CCOC(=O)C1=C(C)NC2=C(C(=O)OC2)C1c1cccc(Cl)c1. The Morgan fingerprint density at radius 1 is 1.54 bits per heavy atom. The summed E-state index contributed by atoms with van der Waals surface area (Å²) in [7, 11) is 0. The second-order valence-electron chi connectivity index (χ2n) is 5.51. The molecule has 0 aliphatic carbocycles. The monoisotopic (exact) mass is 345 g/mol. The van der Waals surface area contributed by atoms with E-state index in [1.807, 2.05) is 6.07 Å². The number of carbonyl (C=O) groups is 2. The number of ether oxygens (including phenoxy) is 2. The van der Waals surface area contributed by atoms with Gasteiger partial charge in [0.05, 0.1) is 22.8 Å². The zero-order valence-corrected chi connectivity index (χ0v) is 13.9. The zero-order chi connectivity index (χ0) is 17.3. The van der Waals surface area contributed by atoms with E-state index in [2.05, 4.69) is 11.9 Å². The first-order chi connectivity index (χ1) is 11.5. The number of cyclic esters (lactones) is 1. The molecule has 0 radical (unpaired) electrons. The molecule has 124 valence electrons. The molecule has 6 heteroatoms. The summed E-state index contributed by atoms with van der Waals surface area (Å²) in [5.41, 5.74) is 2.83. The summed E-state index contributed by atoms with van der Waals surface area (Å²) in [5, 5.41) is 3.61. The predicted molar refractivity (Wildman–Crippen MR) is 89.2 cm³/mol. The number of hydrogen-bond donors (Lipinski definition) is 1. The summed E-state index contributed by atoms with van der Waals surface area (Å²) in [6, 6.07) is 7.08. The van der Waals surface area contributed by atoms with Gasteiger partial charge in [-0.1, -0.05) is 36.4 Å². The fourth-order valence-corrected chi connectivity index (χ4v) is 3.17. The van der Waals surface area contributed by atoms with Crippen LogP contribution in [0.4, 0.5) is 0 Å². The van der Waals surface area contributed by atoms with Gasteiger partial charge in [0, 0.05) is 10.7 Å². The fraction of sp³-hybridized carbons (Fsp3) is 0.222. The topological polar surface area (TPSA) is 64.6 Å². The summed E-state index contributed by atoms with van der Waals surface area (Å²) in [5.74, 6) is -1.52. The lowest BCUT2D eigenvalue weighted by atomic mass is 9.81. The third kappa shape index (κ3) is 2.83. The lowest BCUT2D eigenvalue weighted by Crippen LogP contribution is -2.30. The molecule has 2 heterocycles. The van der Waals surface area contributed by atoms with Gasteiger partial charge in [-0.15, -0.1) is 0 Å². The highest BCUT2D eigenvalue weighted by Gasteiger charge is 2.41. The molecule has 0 saturated carbocycles. The Bertz CT molecular complexity index is 794. The van der Waals surface area contributed by atoms with Gasteiger partial charge in [-0.05, 0) is 24.6 Å². The number of nitrogens with one attached hydrogen (secondary N) is 1. The van der Waals surface area contributed by atoms with Crippen LogP contribution in [0.1, 0.15) is 18.4 Å². The number of carbonyl (C=O) groups excluding carboxylic acids is 2. The van der Waals surface area contributed by atoms with E-state index in [9.17, 15) is 9.59 Å². The normalized spacial score (nSPS) is 19.6. The van der Waals surface area contributed by atoms with E-state index in [-0.39, 0.29) is 13.2 Å². The standard InChI is InChI=1S/C18H16ClNO4/c1-3-7-23-17(21)14-10(2)20-13-9-24-18(22)16(13)15(14)11-5-4-6-12(19)8-11/h3-6,8,15,20H,1,7,9H2,2H3. The van der Waals surface area contributed by atoms with Crippen molar-refractivity contribution in [3.05, 3.63) is 70.0 Å². The smallest absolute Gasteiger partial charge is 0.337 e. The molecule has 0 saturated heterocycles. The molecule has 3 rings (SSSR count). The van der Waals surface area contributed by atoms with Crippen molar-refractivity contribution in [2.75, 3.05) is 13.2 Å². The van der Waals surface area contributed by atoms with E-state index in [0.29, 0.717) is 27.6 Å². The first-order valence-electron chi connectivity index (χ1n) is 7.44. The summed E-state index contributed by atoms with van der Waals surface area (Å²) in [6.45, 7) is 5.57. The Hall–Kier alpha value is -2.53. The summed E-state index contributed by atoms with van der Waals surface area (Å²) in [4.78, 5) is 24.8. The Balaban J connectivity index is 2.11. The molecule has 5 nitrogen and oxygen atoms in total. The van der Waals surface area contributed by atoms with Crippen LogP contribution >= 0.6 is 11.6 Å². The molecule has 0 amide bonds. The highest BCUT2D eigenvalue weighted by atomic mass is 35.5. The maximum Gasteiger partial charge on any atom is 0.337 e. The van der Waals surface area contributed by atoms with Crippen LogP contribution in [0, 0.1) is 0 Å². The van der Waals surface area contributed by atoms with Crippen molar-refractivity contribution in [3.8, 4) is 0 Å². The van der Waals surface area contributed by atoms with E-state index >= 15 is 0 Å². The van der Waals surface area contributed by atoms with Crippen molar-refractivity contribution in [3.63, 3.8) is 0 Å². The minimum absolute atomic E-state index is 0.0915. The van der Waals surface area contributed by atoms with E-state index in [0.717, 1.165) is 5.56 Å². The summed E-state index contributed by atoms with van der Waals surface area (Å²) < 4.78 is 10.3. The van der Waals surface area contributed by atoms with Crippen molar-refractivity contribution in [1.82, 2.24) is 5.32 Å². The van der Waals surface area contributed by atoms with Crippen LogP contribution in [0.15, 0.2) is 59.5 Å². The molecule has 2 aliphatic rings. The molecule has 0 bridgehead atoms. The number of halogens is 1. The van der Waals surface area contributed by atoms with Crippen LogP contribution < -0.4 is 5.32 Å². The maximum absolute atomic E-state index is 12.6. The molecule has 1 atom stereocenters. The van der Waals surface area contributed by atoms with Gasteiger partial charge in [0.15, 0.2) is 0 Å². The molecule has 1 unspecified atom stereocenters. The molecule has 2 aliphatic heterocycles. The minimum Gasteiger partial charge on any atom is -0.458 e. The Labute approximate surface area is 144 Å². The average molecular weight is 346 g/mol. The number of allylic oxidation sites excluding steroid dienone is 1. The third-order valence-corrected chi connectivity index (χ3v) is 4.18. The first-order valence-corrected chi connectivity index (χ1v) is 7.82. The maximum atomic E-state index is 12.6. The van der Waals surface area contributed by atoms with Gasteiger partial charge in [-0.2, -0.15) is 0 Å². The van der Waals surface area contributed by atoms with Gasteiger partial charge in [0.2, 0.25) is 0 Å². The quantitative estimate of drug-likeness (QED) is 0.671. The van der Waals surface area contributed by atoms with Gasteiger partial charge < -0.3 is 14.8 Å². The van der Waals surface area contributed by atoms with Crippen molar-refractivity contribution in [1.29, 1.82) is 0 Å². The molecular formula is C18H16ClNO4. The number of esters is 2. The van der Waals surface area contributed by atoms with Crippen molar-refractivity contribution in [2.45, 2.75) is 12.8 Å². The van der Waals surface area contributed by atoms with Crippen molar-refractivity contribution in [2.24, 2.45) is 0 Å².